The van der Waals surface area contributed by atoms with Crippen LogP contribution >= 0.6 is 0 Å². The fraction of sp³-hybridized carbons (Fsp3) is 0.429. The van der Waals surface area contributed by atoms with E-state index in [0.717, 1.165) is 23.9 Å². The molecule has 0 spiro atoms. The molecule has 206 valence electrons. The number of alkyl carbamates (subject to hydrolysis) is 1. The van der Waals surface area contributed by atoms with Crippen molar-refractivity contribution >= 4 is 39.9 Å². The lowest BCUT2D eigenvalue weighted by molar-refractivity contribution is 0.0448. The van der Waals surface area contributed by atoms with E-state index >= 15 is 0 Å². The van der Waals surface area contributed by atoms with Gasteiger partial charge in [0.25, 0.3) is 5.91 Å². The van der Waals surface area contributed by atoms with Crippen LogP contribution in [-0.2, 0) is 11.8 Å². The van der Waals surface area contributed by atoms with Crippen molar-refractivity contribution in [2.75, 3.05) is 23.3 Å². The Bertz CT molecular complexity index is 1580. The number of imidazole rings is 1. The SMILES string of the molecule is Cc1cn2cc(NC(=O)c3ccc(N4CCC(C)(NC(=O)OC(C)(C)C)CC4)c4cn(C)nc34)cc(F)c2n1. The summed E-state index contributed by atoms with van der Waals surface area (Å²) in [5, 5.41) is 11.3. The van der Waals surface area contributed by atoms with Crippen molar-refractivity contribution in [3.63, 3.8) is 0 Å². The van der Waals surface area contributed by atoms with Crippen LogP contribution in [0.3, 0.4) is 0 Å². The van der Waals surface area contributed by atoms with Gasteiger partial charge in [0.1, 0.15) is 11.1 Å². The van der Waals surface area contributed by atoms with Gasteiger partial charge >= 0.3 is 6.09 Å². The first-order chi connectivity index (χ1) is 18.3. The Kier molecular flexibility index (Phi) is 6.48. The van der Waals surface area contributed by atoms with Crippen LogP contribution in [0.1, 0.15) is 56.6 Å². The molecule has 0 bridgehead atoms. The van der Waals surface area contributed by atoms with Gasteiger partial charge in [-0.05, 0) is 59.6 Å². The summed E-state index contributed by atoms with van der Waals surface area (Å²) < 4.78 is 23.2. The summed E-state index contributed by atoms with van der Waals surface area (Å²) in [5.41, 5.74) is 2.21. The van der Waals surface area contributed by atoms with E-state index in [4.69, 9.17) is 4.74 Å². The van der Waals surface area contributed by atoms with Crippen molar-refractivity contribution in [3.05, 3.63) is 53.9 Å². The first-order valence-electron chi connectivity index (χ1n) is 13.0. The summed E-state index contributed by atoms with van der Waals surface area (Å²) in [6, 6.07) is 4.94. The zero-order valence-corrected chi connectivity index (χ0v) is 23.1. The number of nitrogens with one attached hydrogen (secondary N) is 2. The average Bonchev–Trinajstić information content (AvgIpc) is 3.39. The van der Waals surface area contributed by atoms with Crippen molar-refractivity contribution in [1.82, 2.24) is 24.5 Å². The average molecular weight is 536 g/mol. The molecule has 1 saturated heterocycles. The molecular formula is C28H34FN7O3. The molecule has 2 N–H and O–H groups in total. The molecule has 4 aromatic rings. The number of hydrogen-bond donors (Lipinski definition) is 2. The fourth-order valence-corrected chi connectivity index (χ4v) is 5.03. The zero-order chi connectivity index (χ0) is 28.1. The number of piperidine rings is 1. The molecule has 11 heteroatoms. The summed E-state index contributed by atoms with van der Waals surface area (Å²) in [7, 11) is 1.81. The third kappa shape index (κ3) is 5.52. The quantitative estimate of drug-likeness (QED) is 0.389. The first kappa shape index (κ1) is 26.5. The molecule has 0 atom stereocenters. The summed E-state index contributed by atoms with van der Waals surface area (Å²) in [4.78, 5) is 32.0. The molecule has 0 aliphatic carbocycles. The van der Waals surface area contributed by atoms with Gasteiger partial charge in [0.05, 0.1) is 16.9 Å². The highest BCUT2D eigenvalue weighted by atomic mass is 19.1. The number of anilines is 2. The van der Waals surface area contributed by atoms with E-state index in [0.29, 0.717) is 35.6 Å². The van der Waals surface area contributed by atoms with Gasteiger partial charge in [-0.3, -0.25) is 9.48 Å². The molecule has 1 fully saturated rings. The number of carbonyl (C=O) groups is 2. The zero-order valence-electron chi connectivity index (χ0n) is 23.1. The smallest absolute Gasteiger partial charge is 0.408 e. The minimum absolute atomic E-state index is 0.209. The van der Waals surface area contributed by atoms with Crippen LogP contribution in [0.2, 0.25) is 0 Å². The monoisotopic (exact) mass is 535 g/mol. The summed E-state index contributed by atoms with van der Waals surface area (Å²) in [5.74, 6) is -0.897. The Labute approximate surface area is 226 Å². The van der Waals surface area contributed by atoms with Crippen LogP contribution in [0.5, 0.6) is 0 Å². The second kappa shape index (κ2) is 9.55. The van der Waals surface area contributed by atoms with Crippen LogP contribution in [0.15, 0.2) is 36.8 Å². The highest BCUT2D eigenvalue weighted by Crippen LogP contribution is 2.33. The van der Waals surface area contributed by atoms with Gasteiger partial charge in [-0.25, -0.2) is 14.2 Å². The topological polar surface area (TPSA) is 106 Å². The van der Waals surface area contributed by atoms with Gasteiger partial charge < -0.3 is 24.7 Å². The number of aryl methyl sites for hydroxylation is 2. The second-order valence-electron chi connectivity index (χ2n) is 11.5. The Morgan fingerprint density at radius 1 is 1.13 bits per heavy atom. The Morgan fingerprint density at radius 3 is 2.54 bits per heavy atom. The molecule has 39 heavy (non-hydrogen) atoms. The van der Waals surface area contributed by atoms with Crippen molar-refractivity contribution in [3.8, 4) is 0 Å². The number of fused-ring (bicyclic) bond motifs is 2. The minimum atomic E-state index is -0.555. The van der Waals surface area contributed by atoms with Crippen LogP contribution < -0.4 is 15.5 Å². The van der Waals surface area contributed by atoms with Crippen LogP contribution in [0, 0.1) is 12.7 Å². The normalized spacial score (nSPS) is 15.5. The summed E-state index contributed by atoms with van der Waals surface area (Å²) in [6.45, 7) is 10.8. The van der Waals surface area contributed by atoms with Gasteiger partial charge in [-0.15, -0.1) is 0 Å². The number of amides is 2. The first-order valence-corrected chi connectivity index (χ1v) is 13.0. The molecule has 10 nitrogen and oxygen atoms in total. The number of halogens is 1. The number of nitrogens with zero attached hydrogens (tertiary/aromatic N) is 5. The van der Waals surface area contributed by atoms with Crippen LogP contribution in [0.4, 0.5) is 20.6 Å². The molecular weight excluding hydrogens is 501 g/mol. The third-order valence-electron chi connectivity index (χ3n) is 6.91. The third-order valence-corrected chi connectivity index (χ3v) is 6.91. The maximum Gasteiger partial charge on any atom is 0.408 e. The van der Waals surface area contributed by atoms with Crippen LogP contribution in [-0.4, -0.2) is 55.4 Å². The predicted molar refractivity (Wildman–Crippen MR) is 148 cm³/mol. The molecule has 1 aromatic carbocycles. The molecule has 0 saturated carbocycles. The Hall–Kier alpha value is -4.15. The van der Waals surface area contributed by atoms with Crippen LogP contribution in [0.25, 0.3) is 16.6 Å². The van der Waals surface area contributed by atoms with Crippen molar-refractivity contribution in [2.45, 2.75) is 58.6 Å². The molecule has 2 amide bonds. The van der Waals surface area contributed by atoms with E-state index in [1.165, 1.54) is 6.07 Å². The molecule has 1 aliphatic heterocycles. The van der Waals surface area contributed by atoms with Gasteiger partial charge in [-0.2, -0.15) is 5.10 Å². The molecule has 0 unspecified atom stereocenters. The van der Waals surface area contributed by atoms with E-state index in [1.807, 2.05) is 47.0 Å². The van der Waals surface area contributed by atoms with E-state index in [-0.39, 0.29) is 17.1 Å². The maximum absolute atomic E-state index is 14.5. The van der Waals surface area contributed by atoms with Crippen molar-refractivity contribution < 1.29 is 18.7 Å². The van der Waals surface area contributed by atoms with E-state index in [9.17, 15) is 14.0 Å². The molecule has 4 heterocycles. The predicted octanol–water partition coefficient (Wildman–Crippen LogP) is 4.80. The number of pyridine rings is 1. The van der Waals surface area contributed by atoms with Crippen molar-refractivity contribution in [1.29, 1.82) is 0 Å². The summed E-state index contributed by atoms with van der Waals surface area (Å²) >= 11 is 0. The Balaban J connectivity index is 1.35. The second-order valence-corrected chi connectivity index (χ2v) is 11.5. The van der Waals surface area contributed by atoms with E-state index < -0.39 is 17.5 Å². The van der Waals surface area contributed by atoms with E-state index in [1.54, 1.807) is 34.5 Å². The van der Waals surface area contributed by atoms with Gasteiger partial charge in [-0.1, -0.05) is 0 Å². The van der Waals surface area contributed by atoms with Gasteiger partial charge in [0, 0.05) is 61.4 Å². The van der Waals surface area contributed by atoms with Crippen molar-refractivity contribution in [2.24, 2.45) is 7.05 Å². The fourth-order valence-electron chi connectivity index (χ4n) is 5.03. The molecule has 0 radical (unpaired) electrons. The van der Waals surface area contributed by atoms with E-state index in [2.05, 4.69) is 25.6 Å². The number of rotatable bonds is 4. The highest BCUT2D eigenvalue weighted by molar-refractivity contribution is 6.13. The standard InChI is InChI=1S/C28H34FN7O3/c1-17-14-36-15-18(13-21(29)24(36)30-17)31-25(37)19-7-8-22(20-16-34(6)33-23(19)20)35-11-9-28(5,10-12-35)32-26(38)39-27(2,3)4/h7-8,13-16H,9-12H2,1-6H3,(H,31,37)(H,32,38). The molecule has 5 rings (SSSR count). The lowest BCUT2D eigenvalue weighted by Gasteiger charge is -2.41. The lowest BCUT2D eigenvalue weighted by Crippen LogP contribution is -2.54. The highest BCUT2D eigenvalue weighted by Gasteiger charge is 2.34. The number of benzene rings is 1. The largest absolute Gasteiger partial charge is 0.444 e. The Morgan fingerprint density at radius 2 is 1.85 bits per heavy atom. The number of aromatic nitrogens is 4. The van der Waals surface area contributed by atoms with Gasteiger partial charge in [0.2, 0.25) is 0 Å². The van der Waals surface area contributed by atoms with Gasteiger partial charge in [0.15, 0.2) is 11.5 Å². The molecule has 1 aliphatic rings. The number of ether oxygens (including phenoxy) is 1. The lowest BCUT2D eigenvalue weighted by atomic mass is 9.89. The maximum atomic E-state index is 14.5. The minimum Gasteiger partial charge on any atom is -0.444 e. The summed E-state index contributed by atoms with van der Waals surface area (Å²) in [6.07, 6.45) is 6.29. The number of carbonyl (C=O) groups excluding carboxylic acids is 2. The number of hydrogen-bond acceptors (Lipinski definition) is 6. The molecule has 3 aromatic heterocycles.